The van der Waals surface area contributed by atoms with Gasteiger partial charge in [0.2, 0.25) is 0 Å². The fourth-order valence-electron chi connectivity index (χ4n) is 2.19. The Labute approximate surface area is 121 Å². The third-order valence-electron chi connectivity index (χ3n) is 3.62. The average Bonchev–Trinajstić information content (AvgIpc) is 2.39. The van der Waals surface area contributed by atoms with Crippen LogP contribution in [0.4, 0.5) is 5.69 Å². The van der Waals surface area contributed by atoms with Gasteiger partial charge in [0, 0.05) is 24.3 Å². The lowest BCUT2D eigenvalue weighted by Crippen LogP contribution is -2.29. The molecule has 1 aromatic carbocycles. The lowest BCUT2D eigenvalue weighted by atomic mass is 10.0. The molecule has 0 unspecified atom stereocenters. The second-order valence-electron chi connectivity index (χ2n) is 4.80. The summed E-state index contributed by atoms with van der Waals surface area (Å²) in [5, 5.41) is 8.00. The molecule has 0 fully saturated rings. The summed E-state index contributed by atoms with van der Waals surface area (Å²) in [5.74, 6) is 0.714. The van der Waals surface area contributed by atoms with Gasteiger partial charge in [-0.05, 0) is 31.0 Å². The molecule has 0 saturated heterocycles. The zero-order valence-corrected chi connectivity index (χ0v) is 12.8. The summed E-state index contributed by atoms with van der Waals surface area (Å²) in [6.07, 6.45) is 2.37. The number of halogens is 1. The van der Waals surface area contributed by atoms with E-state index in [1.165, 1.54) is 12.8 Å². The van der Waals surface area contributed by atoms with Gasteiger partial charge in [-0.1, -0.05) is 38.3 Å². The molecule has 0 amide bonds. The second kappa shape index (κ2) is 7.39. The van der Waals surface area contributed by atoms with E-state index < -0.39 is 0 Å². The first kappa shape index (κ1) is 15.8. The normalized spacial score (nSPS) is 10.8. The van der Waals surface area contributed by atoms with E-state index in [1.807, 2.05) is 18.2 Å². The minimum Gasteiger partial charge on any atom is -0.384 e. The van der Waals surface area contributed by atoms with Gasteiger partial charge in [-0.25, -0.2) is 0 Å². The summed E-state index contributed by atoms with van der Waals surface area (Å²) < 4.78 is 0. The Kier molecular flexibility index (Phi) is 6.16. The third kappa shape index (κ3) is 4.13. The Morgan fingerprint density at radius 2 is 1.95 bits per heavy atom. The molecule has 0 aliphatic rings. The SMILES string of the molecule is CCC(CC)CN(CC)c1ccc(C(=N)N)c(Cl)c1. The highest BCUT2D eigenvalue weighted by atomic mass is 35.5. The number of nitrogens with zero attached hydrogens (tertiary/aromatic N) is 1. The molecule has 0 bridgehead atoms. The summed E-state index contributed by atoms with van der Waals surface area (Å²) in [7, 11) is 0. The number of nitrogens with one attached hydrogen (secondary N) is 1. The molecule has 3 nitrogen and oxygen atoms in total. The fourth-order valence-corrected chi connectivity index (χ4v) is 2.47. The summed E-state index contributed by atoms with van der Waals surface area (Å²) in [6.45, 7) is 8.60. The van der Waals surface area contributed by atoms with Crippen molar-refractivity contribution in [1.29, 1.82) is 5.41 Å². The third-order valence-corrected chi connectivity index (χ3v) is 3.94. The largest absolute Gasteiger partial charge is 0.384 e. The number of hydrogen-bond acceptors (Lipinski definition) is 2. The molecule has 4 heteroatoms. The number of benzene rings is 1. The minimum atomic E-state index is 0.0135. The summed E-state index contributed by atoms with van der Waals surface area (Å²) in [6, 6.07) is 5.73. The molecule has 0 aliphatic carbocycles. The molecular formula is C15H24ClN3. The topological polar surface area (TPSA) is 53.1 Å². The molecule has 0 aliphatic heterocycles. The Morgan fingerprint density at radius 3 is 2.37 bits per heavy atom. The summed E-state index contributed by atoms with van der Waals surface area (Å²) >= 11 is 6.18. The highest BCUT2D eigenvalue weighted by Crippen LogP contribution is 2.25. The monoisotopic (exact) mass is 281 g/mol. The first-order valence-electron chi connectivity index (χ1n) is 6.92. The van der Waals surface area contributed by atoms with Crippen molar-refractivity contribution in [2.75, 3.05) is 18.0 Å². The Bertz CT molecular complexity index is 427. The number of anilines is 1. The van der Waals surface area contributed by atoms with Gasteiger partial charge in [0.25, 0.3) is 0 Å². The molecular weight excluding hydrogens is 258 g/mol. The van der Waals surface area contributed by atoms with Crippen LogP contribution in [0.25, 0.3) is 0 Å². The molecule has 0 atom stereocenters. The van der Waals surface area contributed by atoms with E-state index >= 15 is 0 Å². The van der Waals surface area contributed by atoms with Crippen LogP contribution in [0.3, 0.4) is 0 Å². The second-order valence-corrected chi connectivity index (χ2v) is 5.21. The number of rotatable bonds is 7. The molecule has 3 N–H and O–H groups in total. The van der Waals surface area contributed by atoms with Crippen LogP contribution in [-0.4, -0.2) is 18.9 Å². The number of hydrogen-bond donors (Lipinski definition) is 2. The van der Waals surface area contributed by atoms with Gasteiger partial charge >= 0.3 is 0 Å². The molecule has 0 spiro atoms. The predicted molar refractivity (Wildman–Crippen MR) is 84.4 cm³/mol. The molecule has 106 valence electrons. The first-order valence-corrected chi connectivity index (χ1v) is 7.30. The van der Waals surface area contributed by atoms with Crippen LogP contribution in [0.2, 0.25) is 5.02 Å². The van der Waals surface area contributed by atoms with Gasteiger partial charge in [0.15, 0.2) is 0 Å². The molecule has 19 heavy (non-hydrogen) atoms. The average molecular weight is 282 g/mol. The van der Waals surface area contributed by atoms with Crippen molar-refractivity contribution in [3.63, 3.8) is 0 Å². The maximum absolute atomic E-state index is 7.45. The minimum absolute atomic E-state index is 0.0135. The van der Waals surface area contributed by atoms with Crippen molar-refractivity contribution in [2.45, 2.75) is 33.6 Å². The molecule has 1 aromatic rings. The maximum Gasteiger partial charge on any atom is 0.124 e. The fraction of sp³-hybridized carbons (Fsp3) is 0.533. The van der Waals surface area contributed by atoms with E-state index in [1.54, 1.807) is 0 Å². The van der Waals surface area contributed by atoms with E-state index in [0.29, 0.717) is 16.5 Å². The molecule has 0 heterocycles. The van der Waals surface area contributed by atoms with Crippen LogP contribution in [0.15, 0.2) is 18.2 Å². The van der Waals surface area contributed by atoms with Gasteiger partial charge in [-0.3, -0.25) is 5.41 Å². The standard InChI is InChI=1S/C15H24ClN3/c1-4-11(5-2)10-19(6-3)12-7-8-13(15(17)18)14(16)9-12/h7-9,11H,4-6,10H2,1-3H3,(H3,17,18). The van der Waals surface area contributed by atoms with Gasteiger partial charge in [0.05, 0.1) is 5.02 Å². The Hall–Kier alpha value is -1.22. The Morgan fingerprint density at radius 1 is 1.32 bits per heavy atom. The summed E-state index contributed by atoms with van der Waals surface area (Å²) in [4.78, 5) is 2.33. The highest BCUT2D eigenvalue weighted by molar-refractivity contribution is 6.34. The number of amidine groups is 1. The van der Waals surface area contributed by atoms with Gasteiger partial charge in [-0.15, -0.1) is 0 Å². The maximum atomic E-state index is 7.45. The van der Waals surface area contributed by atoms with Crippen molar-refractivity contribution in [3.05, 3.63) is 28.8 Å². The van der Waals surface area contributed by atoms with E-state index in [-0.39, 0.29) is 5.84 Å². The molecule has 0 aromatic heterocycles. The van der Waals surface area contributed by atoms with Gasteiger partial charge in [-0.2, -0.15) is 0 Å². The van der Waals surface area contributed by atoms with Crippen molar-refractivity contribution < 1.29 is 0 Å². The van der Waals surface area contributed by atoms with Crippen LogP contribution in [0.5, 0.6) is 0 Å². The van der Waals surface area contributed by atoms with Crippen LogP contribution in [0, 0.1) is 11.3 Å². The number of nitrogens with two attached hydrogens (primary N) is 1. The van der Waals surface area contributed by atoms with Gasteiger partial charge in [0.1, 0.15) is 5.84 Å². The van der Waals surface area contributed by atoms with E-state index in [2.05, 4.69) is 25.7 Å². The number of nitrogen functional groups attached to an aromatic ring is 1. The Balaban J connectivity index is 2.93. The van der Waals surface area contributed by atoms with Crippen molar-refractivity contribution >= 4 is 23.1 Å². The van der Waals surface area contributed by atoms with Gasteiger partial charge < -0.3 is 10.6 Å². The van der Waals surface area contributed by atoms with E-state index in [9.17, 15) is 0 Å². The van der Waals surface area contributed by atoms with E-state index in [0.717, 1.165) is 18.8 Å². The van der Waals surface area contributed by atoms with Crippen LogP contribution in [0.1, 0.15) is 39.2 Å². The zero-order chi connectivity index (χ0) is 14.4. The summed E-state index contributed by atoms with van der Waals surface area (Å²) in [5.41, 5.74) is 7.18. The quantitative estimate of drug-likeness (QED) is 0.588. The lowest BCUT2D eigenvalue weighted by molar-refractivity contribution is 0.486. The lowest BCUT2D eigenvalue weighted by Gasteiger charge is -2.27. The molecule has 0 radical (unpaired) electrons. The first-order chi connectivity index (χ1) is 9.03. The van der Waals surface area contributed by atoms with Crippen molar-refractivity contribution in [1.82, 2.24) is 0 Å². The van der Waals surface area contributed by atoms with E-state index in [4.69, 9.17) is 22.7 Å². The van der Waals surface area contributed by atoms with Crippen LogP contribution < -0.4 is 10.6 Å². The predicted octanol–water partition coefficient (Wildman–Crippen LogP) is 3.89. The van der Waals surface area contributed by atoms with Crippen LogP contribution in [-0.2, 0) is 0 Å². The van der Waals surface area contributed by atoms with Crippen molar-refractivity contribution in [3.8, 4) is 0 Å². The van der Waals surface area contributed by atoms with Crippen molar-refractivity contribution in [2.24, 2.45) is 11.7 Å². The molecule has 1 rings (SSSR count). The highest BCUT2D eigenvalue weighted by Gasteiger charge is 2.12. The smallest absolute Gasteiger partial charge is 0.124 e. The zero-order valence-electron chi connectivity index (χ0n) is 12.0. The van der Waals surface area contributed by atoms with Crippen LogP contribution >= 0.6 is 11.6 Å². The molecule has 0 saturated carbocycles.